The van der Waals surface area contributed by atoms with Crippen molar-refractivity contribution in [2.24, 2.45) is 4.99 Å². The Morgan fingerprint density at radius 3 is 2.60 bits per heavy atom. The lowest BCUT2D eigenvalue weighted by atomic mass is 10.0. The predicted octanol–water partition coefficient (Wildman–Crippen LogP) is 2.90. The quantitative estimate of drug-likeness (QED) is 0.689. The highest BCUT2D eigenvalue weighted by Crippen LogP contribution is 2.15. The van der Waals surface area contributed by atoms with E-state index in [1.54, 1.807) is 7.05 Å². The zero-order chi connectivity index (χ0) is 11.3. The fourth-order valence-electron chi connectivity index (χ4n) is 1.60. The number of aliphatic imine (C=N–C) groups is 1. The van der Waals surface area contributed by atoms with Gasteiger partial charge in [-0.2, -0.15) is 0 Å². The van der Waals surface area contributed by atoms with Gasteiger partial charge in [-0.05, 0) is 30.0 Å². The van der Waals surface area contributed by atoms with Crippen molar-refractivity contribution in [3.8, 4) is 0 Å². The summed E-state index contributed by atoms with van der Waals surface area (Å²) in [6, 6.07) is 2.16. The second kappa shape index (κ2) is 5.44. The lowest BCUT2D eigenvalue weighted by Gasteiger charge is -2.08. The van der Waals surface area contributed by atoms with E-state index in [2.05, 4.69) is 36.5 Å². The zero-order valence-electron chi connectivity index (χ0n) is 9.75. The van der Waals surface area contributed by atoms with Crippen LogP contribution < -0.4 is 0 Å². The molecule has 1 aromatic heterocycles. The molecule has 0 aromatic carbocycles. The van der Waals surface area contributed by atoms with E-state index in [0.29, 0.717) is 0 Å². The smallest absolute Gasteiger partial charge is 0.0843 e. The molecule has 0 bridgehead atoms. The molecule has 0 radical (unpaired) electrons. The first kappa shape index (κ1) is 11.6. The minimum atomic E-state index is 0.926. The Labute approximate surface area is 91.8 Å². The van der Waals surface area contributed by atoms with Gasteiger partial charge in [0, 0.05) is 19.0 Å². The molecule has 1 rings (SSSR count). The average molecular weight is 202 g/mol. The van der Waals surface area contributed by atoms with Gasteiger partial charge in [0.2, 0.25) is 0 Å². The monoisotopic (exact) mass is 202 g/mol. The zero-order valence-corrected chi connectivity index (χ0v) is 9.75. The average Bonchev–Trinajstić information content (AvgIpc) is 2.28. The van der Waals surface area contributed by atoms with Gasteiger partial charge in [0.25, 0.3) is 0 Å². The summed E-state index contributed by atoms with van der Waals surface area (Å²) in [5, 5.41) is 0. The van der Waals surface area contributed by atoms with E-state index in [-0.39, 0.29) is 0 Å². The summed E-state index contributed by atoms with van der Waals surface area (Å²) >= 11 is 0. The van der Waals surface area contributed by atoms with Gasteiger partial charge in [-0.25, -0.2) is 0 Å². The van der Waals surface area contributed by atoms with Crippen molar-refractivity contribution >= 4 is 12.3 Å². The van der Waals surface area contributed by atoms with E-state index in [0.717, 1.165) is 29.8 Å². The number of hydrogen-bond acceptors (Lipinski definition) is 2. The van der Waals surface area contributed by atoms with E-state index >= 15 is 0 Å². The number of nitrogens with zero attached hydrogens (tertiary/aromatic N) is 2. The largest absolute Gasteiger partial charge is 0.294 e. The van der Waals surface area contributed by atoms with Gasteiger partial charge >= 0.3 is 0 Å². The van der Waals surface area contributed by atoms with Gasteiger partial charge in [-0.3, -0.25) is 9.98 Å². The molecule has 0 aliphatic carbocycles. The van der Waals surface area contributed by atoms with Crippen molar-refractivity contribution in [3.63, 3.8) is 0 Å². The van der Waals surface area contributed by atoms with Crippen LogP contribution in [-0.4, -0.2) is 18.2 Å². The predicted molar refractivity (Wildman–Crippen MR) is 66.6 cm³/mol. The van der Waals surface area contributed by atoms with Crippen LogP contribution in [0.25, 0.3) is 6.08 Å². The van der Waals surface area contributed by atoms with E-state index in [1.165, 1.54) is 5.56 Å². The third kappa shape index (κ3) is 2.52. The lowest BCUT2D eigenvalue weighted by molar-refractivity contribution is 0.990. The van der Waals surface area contributed by atoms with Gasteiger partial charge in [-0.1, -0.05) is 26.5 Å². The lowest BCUT2D eigenvalue weighted by Crippen LogP contribution is -2.02. The molecule has 0 amide bonds. The Morgan fingerprint density at radius 2 is 2.13 bits per heavy atom. The van der Waals surface area contributed by atoms with Crippen molar-refractivity contribution in [1.82, 2.24) is 4.98 Å². The normalized spacial score (nSPS) is 10.9. The molecule has 0 spiro atoms. The number of rotatable bonds is 4. The summed E-state index contributed by atoms with van der Waals surface area (Å²) in [5.41, 5.74) is 4.45. The minimum absolute atomic E-state index is 0.926. The Morgan fingerprint density at radius 1 is 1.40 bits per heavy atom. The van der Waals surface area contributed by atoms with Crippen LogP contribution in [0.15, 0.2) is 17.6 Å². The number of hydrogen-bond donors (Lipinski definition) is 0. The van der Waals surface area contributed by atoms with Crippen LogP contribution in [0.2, 0.25) is 0 Å². The molecule has 15 heavy (non-hydrogen) atoms. The third-order valence-electron chi connectivity index (χ3n) is 2.43. The minimum Gasteiger partial charge on any atom is -0.294 e. The van der Waals surface area contributed by atoms with Crippen LogP contribution in [0, 0.1) is 0 Å². The summed E-state index contributed by atoms with van der Waals surface area (Å²) in [7, 11) is 1.77. The Kier molecular flexibility index (Phi) is 4.22. The van der Waals surface area contributed by atoms with Crippen LogP contribution in [0.1, 0.15) is 36.4 Å². The summed E-state index contributed by atoms with van der Waals surface area (Å²) in [6.07, 6.45) is 5.60. The molecule has 1 heterocycles. The molecule has 0 atom stereocenters. The SMILES string of the molecule is C=Cc1cc(CC)c(C=NC)nc1CC. The molecule has 0 saturated carbocycles. The van der Waals surface area contributed by atoms with Crippen LogP contribution in [0.3, 0.4) is 0 Å². The van der Waals surface area contributed by atoms with Crippen molar-refractivity contribution in [2.45, 2.75) is 26.7 Å². The standard InChI is InChI=1S/C13H18N2/c1-5-10-8-11(6-2)13(9-14-4)15-12(10)7-3/h5,8-9H,1,6-7H2,2-4H3. The van der Waals surface area contributed by atoms with E-state index in [9.17, 15) is 0 Å². The molecule has 80 valence electrons. The van der Waals surface area contributed by atoms with Crippen molar-refractivity contribution in [2.75, 3.05) is 7.05 Å². The third-order valence-corrected chi connectivity index (χ3v) is 2.43. The highest BCUT2D eigenvalue weighted by molar-refractivity contribution is 5.79. The van der Waals surface area contributed by atoms with Crippen LogP contribution in [-0.2, 0) is 12.8 Å². The van der Waals surface area contributed by atoms with E-state index in [1.807, 2.05) is 12.3 Å². The molecule has 1 aromatic rings. The van der Waals surface area contributed by atoms with E-state index in [4.69, 9.17) is 0 Å². The summed E-state index contributed by atoms with van der Waals surface area (Å²) in [4.78, 5) is 8.63. The maximum absolute atomic E-state index is 4.60. The number of pyridine rings is 1. The first-order valence-corrected chi connectivity index (χ1v) is 5.34. The fourth-order valence-corrected chi connectivity index (χ4v) is 1.60. The van der Waals surface area contributed by atoms with Gasteiger partial charge in [0.05, 0.1) is 5.69 Å². The molecule has 2 nitrogen and oxygen atoms in total. The van der Waals surface area contributed by atoms with Gasteiger partial charge in [0.1, 0.15) is 0 Å². The first-order chi connectivity index (χ1) is 7.26. The molecule has 0 unspecified atom stereocenters. The number of aromatic nitrogens is 1. The van der Waals surface area contributed by atoms with Gasteiger partial charge < -0.3 is 0 Å². The Bertz CT molecular complexity index is 378. The molecule has 0 aliphatic rings. The van der Waals surface area contributed by atoms with Crippen molar-refractivity contribution in [3.05, 3.63) is 35.2 Å². The number of aryl methyl sites for hydroxylation is 2. The highest BCUT2D eigenvalue weighted by atomic mass is 14.8. The summed E-state index contributed by atoms with van der Waals surface area (Å²) in [6.45, 7) is 8.05. The fraction of sp³-hybridized carbons (Fsp3) is 0.385. The molecule has 2 heteroatoms. The van der Waals surface area contributed by atoms with Crippen molar-refractivity contribution in [1.29, 1.82) is 0 Å². The molecule has 0 saturated heterocycles. The molecule has 0 N–H and O–H groups in total. The topological polar surface area (TPSA) is 25.2 Å². The van der Waals surface area contributed by atoms with Gasteiger partial charge in [-0.15, -0.1) is 0 Å². The Balaban J connectivity index is 3.33. The summed E-state index contributed by atoms with van der Waals surface area (Å²) < 4.78 is 0. The van der Waals surface area contributed by atoms with Crippen LogP contribution >= 0.6 is 0 Å². The van der Waals surface area contributed by atoms with Crippen molar-refractivity contribution < 1.29 is 0 Å². The van der Waals surface area contributed by atoms with Gasteiger partial charge in [0.15, 0.2) is 0 Å². The maximum atomic E-state index is 4.60. The Hall–Kier alpha value is -1.44. The summed E-state index contributed by atoms with van der Waals surface area (Å²) in [5.74, 6) is 0. The molecular weight excluding hydrogens is 184 g/mol. The molecule has 0 fully saturated rings. The molecule has 0 aliphatic heterocycles. The highest BCUT2D eigenvalue weighted by Gasteiger charge is 2.05. The van der Waals surface area contributed by atoms with Crippen LogP contribution in [0.5, 0.6) is 0 Å². The van der Waals surface area contributed by atoms with E-state index < -0.39 is 0 Å². The maximum Gasteiger partial charge on any atom is 0.0843 e. The first-order valence-electron chi connectivity index (χ1n) is 5.34. The molecular formula is C13H18N2. The van der Waals surface area contributed by atoms with Crippen LogP contribution in [0.4, 0.5) is 0 Å². The second-order valence-corrected chi connectivity index (χ2v) is 3.37. The second-order valence-electron chi connectivity index (χ2n) is 3.37.